The second-order valence-corrected chi connectivity index (χ2v) is 4.95. The van der Waals surface area contributed by atoms with Gasteiger partial charge in [0.25, 0.3) is 5.91 Å². The standard InChI is InChI=1S/C16H18N2O6/c1-9(14(19)18-16(21)17-2)23-15(20)13-11(8-22-3)10-6-4-5-7-12(10)24-13/h4-7,9H,8H2,1-3H3,(H2,17,18,19,21)/t9-/m0/s1. The van der Waals surface area contributed by atoms with Crippen molar-refractivity contribution in [2.75, 3.05) is 14.2 Å². The van der Waals surface area contributed by atoms with E-state index >= 15 is 0 Å². The van der Waals surface area contributed by atoms with Crippen molar-refractivity contribution < 1.29 is 28.3 Å². The predicted octanol–water partition coefficient (Wildman–Crippen LogP) is 1.58. The largest absolute Gasteiger partial charge is 0.449 e. The predicted molar refractivity (Wildman–Crippen MR) is 84.4 cm³/mol. The fourth-order valence-corrected chi connectivity index (χ4v) is 2.09. The number of fused-ring (bicyclic) bond motifs is 1. The van der Waals surface area contributed by atoms with Crippen LogP contribution in [0, 0.1) is 0 Å². The number of carbonyl (C=O) groups is 3. The lowest BCUT2D eigenvalue weighted by Gasteiger charge is -2.12. The molecule has 8 heteroatoms. The summed E-state index contributed by atoms with van der Waals surface area (Å²) in [6.45, 7) is 1.51. The molecule has 0 bridgehead atoms. The summed E-state index contributed by atoms with van der Waals surface area (Å²) in [5.74, 6) is -1.58. The summed E-state index contributed by atoms with van der Waals surface area (Å²) >= 11 is 0. The van der Waals surface area contributed by atoms with Crippen molar-refractivity contribution in [1.82, 2.24) is 10.6 Å². The van der Waals surface area contributed by atoms with Gasteiger partial charge in [-0.3, -0.25) is 10.1 Å². The Morgan fingerprint density at radius 1 is 1.25 bits per heavy atom. The molecule has 0 fully saturated rings. The number of urea groups is 1. The molecule has 1 atom stereocenters. The summed E-state index contributed by atoms with van der Waals surface area (Å²) in [7, 11) is 2.86. The lowest BCUT2D eigenvalue weighted by Crippen LogP contribution is -2.43. The summed E-state index contributed by atoms with van der Waals surface area (Å²) in [5, 5.41) is 4.99. The van der Waals surface area contributed by atoms with Crippen LogP contribution in [0.3, 0.4) is 0 Å². The van der Waals surface area contributed by atoms with Gasteiger partial charge in [0, 0.05) is 25.1 Å². The summed E-state index contributed by atoms with van der Waals surface area (Å²) in [5.41, 5.74) is 1.05. The second kappa shape index (κ2) is 7.60. The molecule has 2 rings (SSSR count). The third kappa shape index (κ3) is 3.72. The van der Waals surface area contributed by atoms with Gasteiger partial charge in [-0.2, -0.15) is 0 Å². The van der Waals surface area contributed by atoms with Gasteiger partial charge in [0.05, 0.1) is 6.61 Å². The molecule has 8 nitrogen and oxygen atoms in total. The van der Waals surface area contributed by atoms with Gasteiger partial charge in [0.2, 0.25) is 5.76 Å². The minimum absolute atomic E-state index is 0.0300. The first kappa shape index (κ1) is 17.5. The molecular formula is C16H18N2O6. The molecule has 0 saturated carbocycles. The van der Waals surface area contributed by atoms with Gasteiger partial charge < -0.3 is 19.2 Å². The average molecular weight is 334 g/mol. The van der Waals surface area contributed by atoms with Gasteiger partial charge in [0.1, 0.15) is 5.58 Å². The van der Waals surface area contributed by atoms with E-state index in [9.17, 15) is 14.4 Å². The minimum atomic E-state index is -1.17. The Kier molecular flexibility index (Phi) is 5.54. The first-order valence-electron chi connectivity index (χ1n) is 7.20. The van der Waals surface area contributed by atoms with E-state index < -0.39 is 24.0 Å². The molecule has 0 unspecified atom stereocenters. The number of methoxy groups -OCH3 is 1. The quantitative estimate of drug-likeness (QED) is 0.804. The Morgan fingerprint density at radius 3 is 2.62 bits per heavy atom. The number of ether oxygens (including phenoxy) is 2. The number of imide groups is 1. The number of benzene rings is 1. The van der Waals surface area contributed by atoms with Crippen molar-refractivity contribution in [1.29, 1.82) is 0 Å². The van der Waals surface area contributed by atoms with Crippen LogP contribution in [-0.2, 0) is 20.9 Å². The molecule has 128 valence electrons. The Morgan fingerprint density at radius 2 is 1.96 bits per heavy atom. The molecule has 24 heavy (non-hydrogen) atoms. The maximum Gasteiger partial charge on any atom is 0.375 e. The lowest BCUT2D eigenvalue weighted by atomic mass is 10.1. The van der Waals surface area contributed by atoms with Crippen LogP contribution < -0.4 is 10.6 Å². The molecule has 1 heterocycles. The smallest absolute Gasteiger partial charge is 0.375 e. The van der Waals surface area contributed by atoms with Crippen molar-refractivity contribution in [3.05, 3.63) is 35.6 Å². The van der Waals surface area contributed by atoms with Gasteiger partial charge in [-0.15, -0.1) is 0 Å². The number of hydrogen-bond donors (Lipinski definition) is 2. The normalized spacial score (nSPS) is 11.8. The minimum Gasteiger partial charge on any atom is -0.449 e. The van der Waals surface area contributed by atoms with E-state index in [4.69, 9.17) is 13.9 Å². The molecule has 3 amide bonds. The Hall–Kier alpha value is -2.87. The van der Waals surface area contributed by atoms with E-state index in [1.165, 1.54) is 21.1 Å². The number of para-hydroxylation sites is 1. The molecule has 0 aliphatic carbocycles. The van der Waals surface area contributed by atoms with Crippen molar-refractivity contribution in [2.24, 2.45) is 0 Å². The van der Waals surface area contributed by atoms with E-state index in [-0.39, 0.29) is 12.4 Å². The SMILES string of the molecule is CNC(=O)NC(=O)[C@H](C)OC(=O)c1oc2ccccc2c1COC. The Balaban J connectivity index is 2.20. The highest BCUT2D eigenvalue weighted by atomic mass is 16.6. The van der Waals surface area contributed by atoms with Crippen LogP contribution in [-0.4, -0.2) is 38.2 Å². The average Bonchev–Trinajstić information content (AvgIpc) is 2.94. The van der Waals surface area contributed by atoms with Gasteiger partial charge in [-0.1, -0.05) is 18.2 Å². The fraction of sp³-hybridized carbons (Fsp3) is 0.312. The van der Waals surface area contributed by atoms with Gasteiger partial charge in [-0.25, -0.2) is 9.59 Å². The highest BCUT2D eigenvalue weighted by molar-refractivity contribution is 5.99. The zero-order chi connectivity index (χ0) is 17.7. The zero-order valence-corrected chi connectivity index (χ0v) is 13.5. The number of furan rings is 1. The Labute approximate surface area is 138 Å². The summed E-state index contributed by atoms with van der Waals surface area (Å²) in [4.78, 5) is 35.2. The maximum absolute atomic E-state index is 12.3. The monoisotopic (exact) mass is 334 g/mol. The van der Waals surface area contributed by atoms with Crippen LogP contribution in [0.25, 0.3) is 11.0 Å². The first-order valence-corrected chi connectivity index (χ1v) is 7.20. The van der Waals surface area contributed by atoms with Crippen molar-refractivity contribution in [3.8, 4) is 0 Å². The number of nitrogens with one attached hydrogen (secondary N) is 2. The number of hydrogen-bond acceptors (Lipinski definition) is 6. The van der Waals surface area contributed by atoms with Crippen LogP contribution in [0.2, 0.25) is 0 Å². The first-order chi connectivity index (χ1) is 11.5. The third-order valence-electron chi connectivity index (χ3n) is 3.29. The highest BCUT2D eigenvalue weighted by Gasteiger charge is 2.26. The van der Waals surface area contributed by atoms with Gasteiger partial charge >= 0.3 is 12.0 Å². The highest BCUT2D eigenvalue weighted by Crippen LogP contribution is 2.27. The fourth-order valence-electron chi connectivity index (χ4n) is 2.09. The lowest BCUT2D eigenvalue weighted by molar-refractivity contribution is -0.128. The molecule has 1 aromatic carbocycles. The van der Waals surface area contributed by atoms with Crippen molar-refractivity contribution >= 4 is 28.9 Å². The van der Waals surface area contributed by atoms with E-state index in [0.717, 1.165) is 5.39 Å². The molecule has 1 aromatic heterocycles. The van der Waals surface area contributed by atoms with E-state index in [0.29, 0.717) is 11.1 Å². The topological polar surface area (TPSA) is 107 Å². The molecule has 2 N–H and O–H groups in total. The molecule has 0 saturated heterocycles. The number of rotatable bonds is 5. The van der Waals surface area contributed by atoms with Crippen LogP contribution in [0.15, 0.2) is 28.7 Å². The number of carbonyl (C=O) groups excluding carboxylic acids is 3. The van der Waals surface area contributed by atoms with Gasteiger partial charge in [0.15, 0.2) is 6.10 Å². The summed E-state index contributed by atoms with van der Waals surface area (Å²) < 4.78 is 15.7. The number of esters is 1. The van der Waals surface area contributed by atoms with Crippen LogP contribution in [0.1, 0.15) is 23.0 Å². The van der Waals surface area contributed by atoms with Crippen LogP contribution >= 0.6 is 0 Å². The van der Waals surface area contributed by atoms with Crippen molar-refractivity contribution in [2.45, 2.75) is 19.6 Å². The van der Waals surface area contributed by atoms with Crippen LogP contribution in [0.4, 0.5) is 4.79 Å². The Bertz CT molecular complexity index is 767. The van der Waals surface area contributed by atoms with Crippen LogP contribution in [0.5, 0.6) is 0 Å². The molecule has 0 aliphatic heterocycles. The molecule has 2 aromatic rings. The van der Waals surface area contributed by atoms with Crippen molar-refractivity contribution in [3.63, 3.8) is 0 Å². The molecule has 0 aliphatic rings. The summed E-state index contributed by atoms with van der Waals surface area (Å²) in [6.07, 6.45) is -1.17. The summed E-state index contributed by atoms with van der Waals surface area (Å²) in [6, 6.07) is 6.41. The maximum atomic E-state index is 12.3. The van der Waals surface area contributed by atoms with E-state index in [1.807, 2.05) is 11.4 Å². The molecular weight excluding hydrogens is 316 g/mol. The number of amides is 3. The second-order valence-electron chi connectivity index (χ2n) is 4.95. The van der Waals surface area contributed by atoms with E-state index in [2.05, 4.69) is 5.32 Å². The molecule has 0 radical (unpaired) electrons. The third-order valence-corrected chi connectivity index (χ3v) is 3.29. The van der Waals surface area contributed by atoms with Gasteiger partial charge in [-0.05, 0) is 13.0 Å². The zero-order valence-electron chi connectivity index (χ0n) is 13.5. The van der Waals surface area contributed by atoms with E-state index in [1.54, 1.807) is 18.2 Å². The molecule has 0 spiro atoms.